The van der Waals surface area contributed by atoms with Gasteiger partial charge in [-0.15, -0.1) is 0 Å². The first-order valence-corrected chi connectivity index (χ1v) is 10.5. The topological polar surface area (TPSA) is 52.5 Å². The lowest BCUT2D eigenvalue weighted by molar-refractivity contribution is -0.0719. The van der Waals surface area contributed by atoms with Gasteiger partial charge in [-0.2, -0.15) is 0 Å². The molecule has 2 aliphatic rings. The Morgan fingerprint density at radius 1 is 1.25 bits per heavy atom. The minimum atomic E-state index is -0.247. The average molecular weight is 385 g/mol. The lowest BCUT2D eigenvalue weighted by atomic mass is 9.81. The van der Waals surface area contributed by atoms with E-state index in [2.05, 4.69) is 29.8 Å². The summed E-state index contributed by atoms with van der Waals surface area (Å²) in [6.45, 7) is 8.27. The number of benzene rings is 1. The van der Waals surface area contributed by atoms with Gasteiger partial charge in [0.1, 0.15) is 0 Å². The summed E-state index contributed by atoms with van der Waals surface area (Å²) in [5.74, 6) is 0.368. The Labute approximate surface area is 167 Å². The number of ether oxygens (including phenoxy) is 2. The minimum absolute atomic E-state index is 0.172. The van der Waals surface area contributed by atoms with E-state index in [1.165, 1.54) is 32.8 Å². The van der Waals surface area contributed by atoms with Crippen molar-refractivity contribution in [2.45, 2.75) is 64.1 Å². The molecule has 0 unspecified atom stereocenters. The predicted octanol–water partition coefficient (Wildman–Crippen LogP) is 4.23. The molecule has 1 aromatic heterocycles. The van der Waals surface area contributed by atoms with Crippen LogP contribution < -0.4 is 5.32 Å². The Balaban J connectivity index is 1.54. The highest BCUT2D eigenvalue weighted by atomic mass is 16.5. The number of rotatable bonds is 5. The van der Waals surface area contributed by atoms with Gasteiger partial charge >= 0.3 is 5.97 Å². The fourth-order valence-corrected chi connectivity index (χ4v) is 5.22. The van der Waals surface area contributed by atoms with E-state index in [-0.39, 0.29) is 11.5 Å². The van der Waals surface area contributed by atoms with Crippen LogP contribution in [0.4, 0.5) is 0 Å². The summed E-state index contributed by atoms with van der Waals surface area (Å²) in [6, 6.07) is 9.13. The zero-order chi connectivity index (χ0) is 19.9. The number of nitrogens with zero attached hydrogens (tertiary/aromatic N) is 1. The summed E-state index contributed by atoms with van der Waals surface area (Å²) in [5, 5.41) is 4.80. The third-order valence-corrected chi connectivity index (χ3v) is 6.80. The lowest BCUT2D eigenvalue weighted by Crippen LogP contribution is -2.61. The van der Waals surface area contributed by atoms with Crippen molar-refractivity contribution in [3.8, 4) is 0 Å². The first-order chi connectivity index (χ1) is 13.4. The number of aromatic nitrogens is 1. The van der Waals surface area contributed by atoms with Crippen LogP contribution in [0, 0.1) is 12.8 Å². The smallest absolute Gasteiger partial charge is 0.340 e. The Bertz CT molecular complexity index is 860. The van der Waals surface area contributed by atoms with Gasteiger partial charge in [0.15, 0.2) is 0 Å². The highest BCUT2D eigenvalue weighted by Gasteiger charge is 2.37. The van der Waals surface area contributed by atoms with Crippen LogP contribution in [0.3, 0.4) is 0 Å². The molecule has 1 saturated heterocycles. The van der Waals surface area contributed by atoms with Gasteiger partial charge in [0.25, 0.3) is 0 Å². The summed E-state index contributed by atoms with van der Waals surface area (Å²) >= 11 is 0. The molecule has 28 heavy (non-hydrogen) atoms. The summed E-state index contributed by atoms with van der Waals surface area (Å²) in [4.78, 5) is 12.4. The molecule has 0 bridgehead atoms. The van der Waals surface area contributed by atoms with E-state index in [9.17, 15) is 4.79 Å². The van der Waals surface area contributed by atoms with Gasteiger partial charge in [0.2, 0.25) is 0 Å². The van der Waals surface area contributed by atoms with Crippen molar-refractivity contribution in [1.29, 1.82) is 0 Å². The molecule has 1 atom stereocenters. The van der Waals surface area contributed by atoms with Crippen LogP contribution >= 0.6 is 0 Å². The second kappa shape index (κ2) is 7.53. The Hall–Kier alpha value is -1.85. The second-order valence-corrected chi connectivity index (χ2v) is 8.89. The molecule has 1 aliphatic heterocycles. The van der Waals surface area contributed by atoms with Gasteiger partial charge in [-0.25, -0.2) is 4.79 Å². The van der Waals surface area contributed by atoms with Gasteiger partial charge < -0.3 is 19.4 Å². The molecule has 1 saturated carbocycles. The number of hydrogen-bond donors (Lipinski definition) is 1. The van der Waals surface area contributed by atoms with Gasteiger partial charge in [-0.05, 0) is 58.4 Å². The Morgan fingerprint density at radius 3 is 2.54 bits per heavy atom. The van der Waals surface area contributed by atoms with Crippen LogP contribution in [0.2, 0.25) is 0 Å². The van der Waals surface area contributed by atoms with E-state index in [0.29, 0.717) is 23.6 Å². The van der Waals surface area contributed by atoms with Gasteiger partial charge in [-0.3, -0.25) is 0 Å². The van der Waals surface area contributed by atoms with E-state index >= 15 is 0 Å². The highest BCUT2D eigenvalue weighted by Crippen LogP contribution is 2.38. The van der Waals surface area contributed by atoms with Gasteiger partial charge in [0, 0.05) is 28.7 Å². The molecule has 5 nitrogen and oxygen atoms in total. The number of esters is 1. The van der Waals surface area contributed by atoms with Crippen LogP contribution in [-0.2, 0) is 9.47 Å². The van der Waals surface area contributed by atoms with Crippen molar-refractivity contribution < 1.29 is 14.3 Å². The molecule has 1 aromatic carbocycles. The number of nitrogens with one attached hydrogen (secondary N) is 1. The zero-order valence-electron chi connectivity index (χ0n) is 17.5. The third-order valence-electron chi connectivity index (χ3n) is 6.80. The molecular formula is C23H32N2O3. The molecule has 2 aromatic rings. The molecule has 4 rings (SSSR count). The monoisotopic (exact) mass is 384 g/mol. The molecule has 0 amide bonds. The van der Waals surface area contributed by atoms with Crippen molar-refractivity contribution >= 4 is 16.9 Å². The van der Waals surface area contributed by atoms with Gasteiger partial charge in [0.05, 0.1) is 31.4 Å². The molecule has 1 N–H and O–H groups in total. The average Bonchev–Trinajstić information content (AvgIpc) is 2.98. The summed E-state index contributed by atoms with van der Waals surface area (Å²) < 4.78 is 12.8. The van der Waals surface area contributed by atoms with Crippen molar-refractivity contribution in [3.63, 3.8) is 0 Å². The summed E-state index contributed by atoms with van der Waals surface area (Å²) in [7, 11) is 1.46. The van der Waals surface area contributed by atoms with Crippen LogP contribution in [-0.4, -0.2) is 42.4 Å². The fourth-order valence-electron chi connectivity index (χ4n) is 5.22. The lowest BCUT2D eigenvalue weighted by Gasteiger charge is -2.44. The maximum absolute atomic E-state index is 12.4. The third kappa shape index (κ3) is 3.35. The normalized spacial score (nSPS) is 25.3. The molecule has 2 heterocycles. The second-order valence-electron chi connectivity index (χ2n) is 8.89. The molecule has 1 aliphatic carbocycles. The fraction of sp³-hybridized carbons (Fsp3) is 0.609. The van der Waals surface area contributed by atoms with Crippen molar-refractivity contribution in [2.75, 3.05) is 20.3 Å². The largest absolute Gasteiger partial charge is 0.465 e. The standard InChI is InChI=1S/C23H32N2O3/c1-15(17-9-11-18(12-10-17)24-23(3)13-28-14-23)25-16(2)21(22(26)27-4)19-7-5-6-8-20(19)25/h5-8,15,17-18,24H,9-14H2,1-4H3/t15-,17-,18+/m1/s1. The number of para-hydroxylation sites is 1. The number of fused-ring (bicyclic) bond motifs is 1. The number of carbonyl (C=O) groups is 1. The Morgan fingerprint density at radius 2 is 1.93 bits per heavy atom. The zero-order valence-corrected chi connectivity index (χ0v) is 17.5. The van der Waals surface area contributed by atoms with E-state index in [4.69, 9.17) is 9.47 Å². The quantitative estimate of drug-likeness (QED) is 0.784. The van der Waals surface area contributed by atoms with E-state index in [0.717, 1.165) is 29.8 Å². The Kier molecular flexibility index (Phi) is 5.23. The molecular weight excluding hydrogens is 352 g/mol. The maximum Gasteiger partial charge on any atom is 0.340 e. The molecule has 0 spiro atoms. The van der Waals surface area contributed by atoms with Crippen molar-refractivity contribution in [3.05, 3.63) is 35.5 Å². The van der Waals surface area contributed by atoms with Gasteiger partial charge in [-0.1, -0.05) is 18.2 Å². The first-order valence-electron chi connectivity index (χ1n) is 10.5. The van der Waals surface area contributed by atoms with E-state index < -0.39 is 0 Å². The number of methoxy groups -OCH3 is 1. The van der Waals surface area contributed by atoms with E-state index in [1.54, 1.807) is 0 Å². The molecule has 0 radical (unpaired) electrons. The minimum Gasteiger partial charge on any atom is -0.465 e. The van der Waals surface area contributed by atoms with E-state index in [1.807, 2.05) is 25.1 Å². The van der Waals surface area contributed by atoms with Crippen LogP contribution in [0.1, 0.15) is 61.6 Å². The van der Waals surface area contributed by atoms with Crippen LogP contribution in [0.5, 0.6) is 0 Å². The van der Waals surface area contributed by atoms with Crippen molar-refractivity contribution in [2.24, 2.45) is 5.92 Å². The molecule has 2 fully saturated rings. The van der Waals surface area contributed by atoms with Crippen molar-refractivity contribution in [1.82, 2.24) is 9.88 Å². The predicted molar refractivity (Wildman–Crippen MR) is 111 cm³/mol. The number of hydrogen-bond acceptors (Lipinski definition) is 4. The number of carbonyl (C=O) groups excluding carboxylic acids is 1. The first kappa shape index (κ1) is 19.5. The highest BCUT2D eigenvalue weighted by molar-refractivity contribution is 6.05. The van der Waals surface area contributed by atoms with Crippen LogP contribution in [0.25, 0.3) is 10.9 Å². The SMILES string of the molecule is COC(=O)c1c(C)n([C@H](C)[C@H]2CC[C@@H](NC3(C)COC3)CC2)c2ccccc12. The summed E-state index contributed by atoms with van der Waals surface area (Å²) in [5.41, 5.74) is 3.02. The maximum atomic E-state index is 12.4. The van der Waals surface area contributed by atoms with Crippen LogP contribution in [0.15, 0.2) is 24.3 Å². The molecule has 152 valence electrons. The summed E-state index contributed by atoms with van der Waals surface area (Å²) in [6.07, 6.45) is 4.81. The molecule has 5 heteroatoms.